The first-order chi connectivity index (χ1) is 7.38. The molecule has 1 aromatic heterocycles. The van der Waals surface area contributed by atoms with Crippen LogP contribution < -0.4 is 5.32 Å². The Bertz CT molecular complexity index is 288. The van der Waals surface area contributed by atoms with E-state index in [4.69, 9.17) is 0 Å². The second kappa shape index (κ2) is 5.21. The minimum Gasteiger partial charge on any atom is -0.317 e. The Kier molecular flexibility index (Phi) is 3.67. The summed E-state index contributed by atoms with van der Waals surface area (Å²) in [5, 5.41) is 11.9. The van der Waals surface area contributed by atoms with Gasteiger partial charge in [0.25, 0.3) is 0 Å². The Balaban J connectivity index is 1.91. The van der Waals surface area contributed by atoms with E-state index in [1.807, 2.05) is 0 Å². The zero-order chi connectivity index (χ0) is 10.5. The van der Waals surface area contributed by atoms with E-state index in [0.29, 0.717) is 0 Å². The molecular weight excluding hydrogens is 186 g/mol. The van der Waals surface area contributed by atoms with Gasteiger partial charge in [-0.2, -0.15) is 10.2 Å². The van der Waals surface area contributed by atoms with Gasteiger partial charge in [0.1, 0.15) is 0 Å². The number of hydrogen-bond donors (Lipinski definition) is 1. The highest BCUT2D eigenvalue weighted by atomic mass is 15.1. The van der Waals surface area contributed by atoms with Gasteiger partial charge >= 0.3 is 0 Å². The van der Waals surface area contributed by atoms with Crippen LogP contribution in [0, 0.1) is 5.92 Å². The average molecular weight is 205 g/mol. The first kappa shape index (κ1) is 10.6. The summed E-state index contributed by atoms with van der Waals surface area (Å²) >= 11 is 0. The fourth-order valence-corrected chi connectivity index (χ4v) is 2.07. The minimum absolute atomic E-state index is 0.799. The molecule has 82 valence electrons. The summed E-state index contributed by atoms with van der Waals surface area (Å²) in [6, 6.07) is 4.23. The molecule has 0 aliphatic carbocycles. The fraction of sp³-hybridized carbons (Fsp3) is 0.667. The Morgan fingerprint density at radius 1 is 1.20 bits per heavy atom. The molecule has 15 heavy (non-hydrogen) atoms. The van der Waals surface area contributed by atoms with E-state index in [2.05, 4.69) is 34.6 Å². The molecule has 0 spiro atoms. The number of nitrogens with zero attached hydrogens (tertiary/aromatic N) is 2. The van der Waals surface area contributed by atoms with Crippen LogP contribution in [0.3, 0.4) is 0 Å². The summed E-state index contributed by atoms with van der Waals surface area (Å²) in [7, 11) is 0. The fourth-order valence-electron chi connectivity index (χ4n) is 2.07. The highest BCUT2D eigenvalue weighted by Crippen LogP contribution is 2.16. The molecule has 0 atom stereocenters. The first-order valence-electron chi connectivity index (χ1n) is 5.90. The molecule has 0 aromatic carbocycles. The smallest absolute Gasteiger partial charge is 0.0634 e. The molecule has 3 heteroatoms. The molecule has 0 saturated carbocycles. The summed E-state index contributed by atoms with van der Waals surface area (Å²) in [5.74, 6) is 0.799. The molecule has 1 saturated heterocycles. The molecule has 0 amide bonds. The second-order valence-electron chi connectivity index (χ2n) is 4.27. The summed E-state index contributed by atoms with van der Waals surface area (Å²) in [6.07, 6.45) is 4.62. The van der Waals surface area contributed by atoms with E-state index in [-0.39, 0.29) is 0 Å². The van der Waals surface area contributed by atoms with Crippen LogP contribution in [0.2, 0.25) is 0 Å². The van der Waals surface area contributed by atoms with Crippen LogP contribution in [-0.4, -0.2) is 23.3 Å². The molecule has 1 aliphatic rings. The lowest BCUT2D eigenvalue weighted by Gasteiger charge is -2.21. The Morgan fingerprint density at radius 2 is 1.87 bits per heavy atom. The second-order valence-corrected chi connectivity index (χ2v) is 4.27. The molecule has 2 rings (SSSR count). The van der Waals surface area contributed by atoms with Gasteiger partial charge in [0, 0.05) is 0 Å². The summed E-state index contributed by atoms with van der Waals surface area (Å²) in [4.78, 5) is 0. The van der Waals surface area contributed by atoms with Crippen molar-refractivity contribution < 1.29 is 0 Å². The van der Waals surface area contributed by atoms with Gasteiger partial charge in [-0.1, -0.05) is 6.92 Å². The quantitative estimate of drug-likeness (QED) is 0.814. The Hall–Kier alpha value is -0.960. The monoisotopic (exact) mass is 205 g/mol. The lowest BCUT2D eigenvalue weighted by atomic mass is 9.93. The van der Waals surface area contributed by atoms with Crippen molar-refractivity contribution in [3.8, 4) is 0 Å². The predicted octanol–water partition coefficient (Wildman–Crippen LogP) is 1.58. The summed E-state index contributed by atoms with van der Waals surface area (Å²) in [5.41, 5.74) is 2.24. The van der Waals surface area contributed by atoms with Crippen LogP contribution in [0.25, 0.3) is 0 Å². The van der Waals surface area contributed by atoms with Gasteiger partial charge < -0.3 is 5.32 Å². The van der Waals surface area contributed by atoms with E-state index in [9.17, 15) is 0 Å². The van der Waals surface area contributed by atoms with Gasteiger partial charge in [0.15, 0.2) is 0 Å². The topological polar surface area (TPSA) is 37.8 Å². The normalized spacial score (nSPS) is 17.9. The molecular formula is C12H19N3. The molecule has 0 bridgehead atoms. The van der Waals surface area contributed by atoms with Gasteiger partial charge in [0.2, 0.25) is 0 Å². The van der Waals surface area contributed by atoms with Crippen LogP contribution in [0.15, 0.2) is 12.1 Å². The lowest BCUT2D eigenvalue weighted by molar-refractivity contribution is 0.369. The Morgan fingerprint density at radius 3 is 2.47 bits per heavy atom. The first-order valence-corrected chi connectivity index (χ1v) is 5.90. The largest absolute Gasteiger partial charge is 0.317 e. The van der Waals surface area contributed by atoms with E-state index in [1.165, 1.54) is 12.8 Å². The molecule has 1 aliphatic heterocycles. The molecule has 1 fully saturated rings. The van der Waals surface area contributed by atoms with Gasteiger partial charge in [-0.25, -0.2) is 0 Å². The molecule has 0 radical (unpaired) electrons. The van der Waals surface area contributed by atoms with Gasteiger partial charge in [-0.15, -0.1) is 0 Å². The van der Waals surface area contributed by atoms with Gasteiger partial charge in [0.05, 0.1) is 11.4 Å². The number of hydrogen-bond acceptors (Lipinski definition) is 3. The van der Waals surface area contributed by atoms with Gasteiger partial charge in [-0.3, -0.25) is 0 Å². The van der Waals surface area contributed by atoms with Crippen molar-refractivity contribution in [3.05, 3.63) is 23.5 Å². The van der Waals surface area contributed by atoms with Crippen molar-refractivity contribution >= 4 is 0 Å². The van der Waals surface area contributed by atoms with Crippen LogP contribution in [-0.2, 0) is 12.8 Å². The van der Waals surface area contributed by atoms with Crippen LogP contribution in [0.1, 0.15) is 31.2 Å². The molecule has 2 heterocycles. The van der Waals surface area contributed by atoms with E-state index >= 15 is 0 Å². The average Bonchev–Trinajstić information content (AvgIpc) is 2.31. The predicted molar refractivity (Wildman–Crippen MR) is 60.7 cm³/mol. The number of aryl methyl sites for hydroxylation is 1. The maximum Gasteiger partial charge on any atom is 0.0634 e. The third kappa shape index (κ3) is 2.99. The van der Waals surface area contributed by atoms with E-state index in [1.54, 1.807) is 0 Å². The summed E-state index contributed by atoms with van der Waals surface area (Å²) in [6.45, 7) is 4.42. The van der Waals surface area contributed by atoms with Crippen LogP contribution in [0.5, 0.6) is 0 Å². The van der Waals surface area contributed by atoms with Crippen LogP contribution >= 0.6 is 0 Å². The van der Waals surface area contributed by atoms with Crippen molar-refractivity contribution in [2.45, 2.75) is 32.6 Å². The minimum atomic E-state index is 0.799. The highest BCUT2D eigenvalue weighted by molar-refractivity contribution is 5.07. The van der Waals surface area contributed by atoms with Gasteiger partial charge in [-0.05, 0) is 56.8 Å². The maximum absolute atomic E-state index is 4.27. The lowest BCUT2D eigenvalue weighted by Crippen LogP contribution is -2.28. The zero-order valence-electron chi connectivity index (χ0n) is 9.37. The van der Waals surface area contributed by atoms with Crippen molar-refractivity contribution in [2.24, 2.45) is 5.92 Å². The zero-order valence-corrected chi connectivity index (χ0v) is 9.37. The maximum atomic E-state index is 4.27. The van der Waals surface area contributed by atoms with Crippen molar-refractivity contribution in [3.63, 3.8) is 0 Å². The van der Waals surface area contributed by atoms with Crippen molar-refractivity contribution in [1.82, 2.24) is 15.5 Å². The van der Waals surface area contributed by atoms with E-state index < -0.39 is 0 Å². The van der Waals surface area contributed by atoms with Crippen LogP contribution in [0.4, 0.5) is 0 Å². The third-order valence-corrected chi connectivity index (χ3v) is 3.09. The standard InChI is InChI=1S/C12H19N3/c1-2-11-3-4-12(15-14-11)9-10-5-7-13-8-6-10/h3-4,10,13H,2,5-9H2,1H3. The highest BCUT2D eigenvalue weighted by Gasteiger charge is 2.14. The third-order valence-electron chi connectivity index (χ3n) is 3.09. The van der Waals surface area contributed by atoms with Crippen molar-refractivity contribution in [2.75, 3.05) is 13.1 Å². The molecule has 1 aromatic rings. The SMILES string of the molecule is CCc1ccc(CC2CCNCC2)nn1. The molecule has 1 N–H and O–H groups in total. The number of aromatic nitrogens is 2. The molecule has 0 unspecified atom stereocenters. The number of nitrogens with one attached hydrogen (secondary N) is 1. The number of piperidine rings is 1. The van der Waals surface area contributed by atoms with E-state index in [0.717, 1.165) is 43.2 Å². The summed E-state index contributed by atoms with van der Waals surface area (Å²) < 4.78 is 0. The Labute approximate surface area is 91.3 Å². The number of rotatable bonds is 3. The molecule has 3 nitrogen and oxygen atoms in total. The van der Waals surface area contributed by atoms with Crippen molar-refractivity contribution in [1.29, 1.82) is 0 Å².